The summed E-state index contributed by atoms with van der Waals surface area (Å²) >= 11 is 0. The second-order valence-electron chi connectivity index (χ2n) is 5.76. The summed E-state index contributed by atoms with van der Waals surface area (Å²) in [6.45, 7) is 0.887. The zero-order valence-electron chi connectivity index (χ0n) is 14.0. The predicted molar refractivity (Wildman–Crippen MR) is 97.0 cm³/mol. The number of anilines is 1. The van der Waals surface area contributed by atoms with E-state index in [0.29, 0.717) is 25.3 Å². The van der Waals surface area contributed by atoms with E-state index in [1.807, 2.05) is 24.3 Å². The first-order valence-electron chi connectivity index (χ1n) is 8.09. The van der Waals surface area contributed by atoms with Crippen molar-refractivity contribution in [3.8, 4) is 22.8 Å². The van der Waals surface area contributed by atoms with Crippen LogP contribution in [0.5, 0.6) is 11.5 Å². The number of benzene rings is 2. The summed E-state index contributed by atoms with van der Waals surface area (Å²) in [5, 5.41) is 17.6. The molecule has 2 aromatic carbocycles. The van der Waals surface area contributed by atoms with Crippen molar-refractivity contribution in [2.75, 3.05) is 12.3 Å². The van der Waals surface area contributed by atoms with Gasteiger partial charge < -0.3 is 21.3 Å². The number of hydrogen-bond acceptors (Lipinski definition) is 6. The highest BCUT2D eigenvalue weighted by atomic mass is 19.1. The van der Waals surface area contributed by atoms with Crippen molar-refractivity contribution in [2.45, 2.75) is 13.0 Å². The van der Waals surface area contributed by atoms with Crippen LogP contribution in [0.1, 0.15) is 11.1 Å². The molecule has 0 aliphatic heterocycles. The maximum Gasteiger partial charge on any atom is 0.188 e. The summed E-state index contributed by atoms with van der Waals surface area (Å²) in [7, 11) is 0. The maximum atomic E-state index is 13.4. The van der Waals surface area contributed by atoms with E-state index in [2.05, 4.69) is 10.2 Å². The zero-order chi connectivity index (χ0) is 18.5. The minimum Gasteiger partial charge on any atom is -0.507 e. The SMILES string of the molecule is NCc1ccc(CCOc2cc(-c3cc(F)ccc3O)nnc2N)cc1. The quantitative estimate of drug-likeness (QED) is 0.628. The van der Waals surface area contributed by atoms with E-state index in [4.69, 9.17) is 16.2 Å². The Labute approximate surface area is 150 Å². The third-order valence-corrected chi connectivity index (χ3v) is 3.93. The summed E-state index contributed by atoms with van der Waals surface area (Å²) in [6, 6.07) is 13.1. The molecule has 134 valence electrons. The average Bonchev–Trinajstić information content (AvgIpc) is 2.66. The zero-order valence-corrected chi connectivity index (χ0v) is 14.0. The Balaban J connectivity index is 1.72. The Morgan fingerprint density at radius 3 is 2.46 bits per heavy atom. The van der Waals surface area contributed by atoms with Crippen molar-refractivity contribution < 1.29 is 14.2 Å². The lowest BCUT2D eigenvalue weighted by Gasteiger charge is -2.10. The molecule has 3 rings (SSSR count). The van der Waals surface area contributed by atoms with Gasteiger partial charge in [0, 0.05) is 24.6 Å². The molecule has 0 aliphatic carbocycles. The van der Waals surface area contributed by atoms with Crippen LogP contribution in [0.3, 0.4) is 0 Å². The van der Waals surface area contributed by atoms with Crippen molar-refractivity contribution in [1.29, 1.82) is 0 Å². The summed E-state index contributed by atoms with van der Waals surface area (Å²) in [4.78, 5) is 0. The fourth-order valence-electron chi connectivity index (χ4n) is 2.47. The minimum atomic E-state index is -0.486. The normalized spacial score (nSPS) is 10.7. The molecular weight excluding hydrogens is 335 g/mol. The largest absolute Gasteiger partial charge is 0.507 e. The molecule has 0 amide bonds. The molecule has 0 spiro atoms. The van der Waals surface area contributed by atoms with Crippen molar-refractivity contribution in [2.24, 2.45) is 5.73 Å². The van der Waals surface area contributed by atoms with Gasteiger partial charge in [0.1, 0.15) is 17.3 Å². The van der Waals surface area contributed by atoms with Gasteiger partial charge in [0.05, 0.1) is 6.61 Å². The number of halogens is 1. The van der Waals surface area contributed by atoms with Crippen LogP contribution in [-0.2, 0) is 13.0 Å². The van der Waals surface area contributed by atoms with Gasteiger partial charge in [0.25, 0.3) is 0 Å². The molecule has 0 aliphatic rings. The molecule has 26 heavy (non-hydrogen) atoms. The first-order valence-corrected chi connectivity index (χ1v) is 8.09. The number of phenolic OH excluding ortho intramolecular Hbond substituents is 1. The van der Waals surface area contributed by atoms with Crippen LogP contribution >= 0.6 is 0 Å². The lowest BCUT2D eigenvalue weighted by atomic mass is 10.1. The second kappa shape index (κ2) is 7.79. The Bertz CT molecular complexity index is 901. The molecule has 0 atom stereocenters. The number of ether oxygens (including phenoxy) is 1. The number of nitrogens with zero attached hydrogens (tertiary/aromatic N) is 2. The van der Waals surface area contributed by atoms with Crippen LogP contribution in [0.2, 0.25) is 0 Å². The molecule has 1 heterocycles. The first kappa shape index (κ1) is 17.6. The van der Waals surface area contributed by atoms with Gasteiger partial charge in [-0.1, -0.05) is 24.3 Å². The molecule has 0 fully saturated rings. The van der Waals surface area contributed by atoms with E-state index < -0.39 is 5.82 Å². The summed E-state index contributed by atoms with van der Waals surface area (Å²) in [5.41, 5.74) is 14.1. The Kier molecular flexibility index (Phi) is 5.28. The molecule has 3 aromatic rings. The van der Waals surface area contributed by atoms with Crippen molar-refractivity contribution >= 4 is 5.82 Å². The topological polar surface area (TPSA) is 107 Å². The van der Waals surface area contributed by atoms with Gasteiger partial charge in [-0.05, 0) is 29.3 Å². The molecule has 1 aromatic heterocycles. The molecule has 5 N–H and O–H groups in total. The molecule has 0 radical (unpaired) electrons. The first-order chi connectivity index (χ1) is 12.6. The van der Waals surface area contributed by atoms with Gasteiger partial charge in [-0.3, -0.25) is 0 Å². The number of nitrogen functional groups attached to an aromatic ring is 1. The highest BCUT2D eigenvalue weighted by molar-refractivity contribution is 5.69. The van der Waals surface area contributed by atoms with Gasteiger partial charge in [-0.2, -0.15) is 0 Å². The molecule has 0 bridgehead atoms. The minimum absolute atomic E-state index is 0.101. The van der Waals surface area contributed by atoms with Crippen molar-refractivity contribution in [3.05, 3.63) is 65.5 Å². The van der Waals surface area contributed by atoms with Gasteiger partial charge in [-0.15, -0.1) is 10.2 Å². The van der Waals surface area contributed by atoms with Crippen molar-refractivity contribution in [1.82, 2.24) is 10.2 Å². The van der Waals surface area contributed by atoms with E-state index in [1.54, 1.807) is 0 Å². The van der Waals surface area contributed by atoms with Crippen LogP contribution in [0.25, 0.3) is 11.3 Å². The Morgan fingerprint density at radius 2 is 1.73 bits per heavy atom. The van der Waals surface area contributed by atoms with E-state index in [-0.39, 0.29) is 22.8 Å². The molecule has 0 saturated carbocycles. The summed E-state index contributed by atoms with van der Waals surface area (Å²) in [6.07, 6.45) is 0.674. The number of aromatic hydroxyl groups is 1. The van der Waals surface area contributed by atoms with Gasteiger partial charge in [-0.25, -0.2) is 4.39 Å². The lowest BCUT2D eigenvalue weighted by molar-refractivity contribution is 0.322. The molecule has 0 unspecified atom stereocenters. The smallest absolute Gasteiger partial charge is 0.188 e. The third kappa shape index (κ3) is 4.07. The van der Waals surface area contributed by atoms with Crippen LogP contribution in [0, 0.1) is 5.82 Å². The number of nitrogens with two attached hydrogens (primary N) is 2. The van der Waals surface area contributed by atoms with E-state index in [9.17, 15) is 9.50 Å². The van der Waals surface area contributed by atoms with Crippen LogP contribution in [0.15, 0.2) is 48.5 Å². The fourth-order valence-corrected chi connectivity index (χ4v) is 2.47. The van der Waals surface area contributed by atoms with E-state index >= 15 is 0 Å². The molecule has 0 saturated heterocycles. The predicted octanol–water partition coefficient (Wildman–Crippen LogP) is 2.65. The van der Waals surface area contributed by atoms with Gasteiger partial charge in [0.15, 0.2) is 11.6 Å². The van der Waals surface area contributed by atoms with E-state index in [0.717, 1.165) is 17.2 Å². The summed E-state index contributed by atoms with van der Waals surface area (Å²) in [5.74, 6) is -0.128. The number of hydrogen-bond donors (Lipinski definition) is 3. The third-order valence-electron chi connectivity index (χ3n) is 3.93. The Morgan fingerprint density at radius 1 is 1.00 bits per heavy atom. The standard InChI is InChI=1S/C19H19FN4O2/c20-14-5-6-17(25)15(9-14)16-10-18(19(22)24-23-16)26-8-7-12-1-3-13(11-21)4-2-12/h1-6,9-10,25H,7-8,11,21H2,(H2,22,24). The highest BCUT2D eigenvalue weighted by Crippen LogP contribution is 2.31. The second-order valence-corrected chi connectivity index (χ2v) is 5.76. The van der Waals surface area contributed by atoms with Gasteiger partial charge in [0.2, 0.25) is 0 Å². The van der Waals surface area contributed by atoms with Gasteiger partial charge >= 0.3 is 0 Å². The maximum absolute atomic E-state index is 13.4. The fraction of sp³-hybridized carbons (Fsp3) is 0.158. The molecule has 6 nitrogen and oxygen atoms in total. The lowest BCUT2D eigenvalue weighted by Crippen LogP contribution is -2.06. The van der Waals surface area contributed by atoms with Crippen LogP contribution < -0.4 is 16.2 Å². The number of aromatic nitrogens is 2. The van der Waals surface area contributed by atoms with Crippen molar-refractivity contribution in [3.63, 3.8) is 0 Å². The Hall–Kier alpha value is -3.19. The average molecular weight is 354 g/mol. The van der Waals surface area contributed by atoms with Crippen LogP contribution in [0.4, 0.5) is 10.2 Å². The number of phenols is 1. The summed E-state index contributed by atoms with van der Waals surface area (Å²) < 4.78 is 19.1. The van der Waals surface area contributed by atoms with Crippen LogP contribution in [-0.4, -0.2) is 21.9 Å². The molecular formula is C19H19FN4O2. The number of rotatable bonds is 6. The van der Waals surface area contributed by atoms with E-state index in [1.165, 1.54) is 18.2 Å². The highest BCUT2D eigenvalue weighted by Gasteiger charge is 2.12. The monoisotopic (exact) mass is 354 g/mol. The molecule has 7 heteroatoms.